The molecule has 2 heterocycles. The monoisotopic (exact) mass is 447 g/mol. The lowest BCUT2D eigenvalue weighted by atomic mass is 10.1. The number of hydrogen-bond acceptors (Lipinski definition) is 5. The first-order chi connectivity index (χ1) is 15.1. The summed E-state index contributed by atoms with van der Waals surface area (Å²) in [5.41, 5.74) is 2.05. The second kappa shape index (κ2) is 9.38. The van der Waals surface area contributed by atoms with Crippen LogP contribution in [0.1, 0.15) is 29.7 Å². The van der Waals surface area contributed by atoms with Crippen LogP contribution in [0.5, 0.6) is 0 Å². The van der Waals surface area contributed by atoms with Gasteiger partial charge in [-0.05, 0) is 59.3 Å². The molecule has 0 aliphatic carbocycles. The number of rotatable bonds is 6. The van der Waals surface area contributed by atoms with Crippen LogP contribution in [-0.4, -0.2) is 17.7 Å². The molecule has 2 aromatic heterocycles. The van der Waals surface area contributed by atoms with E-state index in [0.717, 1.165) is 0 Å². The molecule has 0 atom stereocenters. The number of benzene rings is 2. The second-order valence-corrected chi connectivity index (χ2v) is 8.37. The maximum atomic E-state index is 12.7. The number of thiophene rings is 2. The molecule has 6 nitrogen and oxygen atoms in total. The van der Waals surface area contributed by atoms with Gasteiger partial charge in [0.05, 0.1) is 9.75 Å². The van der Waals surface area contributed by atoms with Crippen molar-refractivity contribution >= 4 is 57.5 Å². The Hall–Kier alpha value is -3.75. The lowest BCUT2D eigenvalue weighted by molar-refractivity contribution is 0.101. The standard InChI is InChI=1S/C23H17N3O3S2/c27-21(15-5-1-6-16(13-15)25-22(28)19-9-3-11-30-19)24-17-7-2-8-18(14-17)26-23(29)20-10-4-12-31-20/h1-14H,(H,24,27)(H,25,28)(H,26,29). The molecule has 0 aliphatic rings. The summed E-state index contributed by atoms with van der Waals surface area (Å²) in [6.45, 7) is 0. The van der Waals surface area contributed by atoms with Crippen molar-refractivity contribution in [2.75, 3.05) is 16.0 Å². The Bertz CT molecular complexity index is 1220. The Labute approximate surface area is 186 Å². The molecule has 154 valence electrons. The van der Waals surface area contributed by atoms with Crippen LogP contribution in [0.25, 0.3) is 0 Å². The predicted octanol–water partition coefficient (Wildman–Crippen LogP) is 5.57. The fourth-order valence-corrected chi connectivity index (χ4v) is 4.05. The summed E-state index contributed by atoms with van der Waals surface area (Å²) < 4.78 is 0. The number of carbonyl (C=O) groups excluding carboxylic acids is 3. The topological polar surface area (TPSA) is 87.3 Å². The molecule has 0 saturated carbocycles. The minimum atomic E-state index is -0.325. The molecular formula is C23H17N3O3S2. The van der Waals surface area contributed by atoms with Crippen molar-refractivity contribution in [3.8, 4) is 0 Å². The van der Waals surface area contributed by atoms with Gasteiger partial charge in [-0.15, -0.1) is 22.7 Å². The molecule has 2 aromatic carbocycles. The van der Waals surface area contributed by atoms with Gasteiger partial charge in [0, 0.05) is 22.6 Å². The molecule has 0 spiro atoms. The van der Waals surface area contributed by atoms with Gasteiger partial charge in [0.1, 0.15) is 0 Å². The zero-order valence-corrected chi connectivity index (χ0v) is 17.8. The Morgan fingerprint density at radius 3 is 1.55 bits per heavy atom. The van der Waals surface area contributed by atoms with Crippen LogP contribution in [0, 0.1) is 0 Å². The third-order valence-electron chi connectivity index (χ3n) is 4.25. The molecule has 4 rings (SSSR count). The molecule has 31 heavy (non-hydrogen) atoms. The summed E-state index contributed by atoms with van der Waals surface area (Å²) in [4.78, 5) is 38.3. The van der Waals surface area contributed by atoms with Gasteiger partial charge in [0.25, 0.3) is 17.7 Å². The number of carbonyl (C=O) groups is 3. The van der Waals surface area contributed by atoms with Crippen molar-refractivity contribution in [1.29, 1.82) is 0 Å². The highest BCUT2D eigenvalue weighted by Gasteiger charge is 2.11. The summed E-state index contributed by atoms with van der Waals surface area (Å²) in [7, 11) is 0. The van der Waals surface area contributed by atoms with Crippen molar-refractivity contribution < 1.29 is 14.4 Å². The van der Waals surface area contributed by atoms with Crippen molar-refractivity contribution in [3.63, 3.8) is 0 Å². The Morgan fingerprint density at radius 1 is 0.548 bits per heavy atom. The van der Waals surface area contributed by atoms with E-state index in [1.165, 1.54) is 22.7 Å². The van der Waals surface area contributed by atoms with E-state index in [2.05, 4.69) is 16.0 Å². The molecule has 4 aromatic rings. The molecule has 0 fully saturated rings. The molecule has 3 N–H and O–H groups in total. The molecule has 0 unspecified atom stereocenters. The van der Waals surface area contributed by atoms with E-state index in [-0.39, 0.29) is 17.7 Å². The quantitative estimate of drug-likeness (QED) is 0.361. The van der Waals surface area contributed by atoms with E-state index < -0.39 is 0 Å². The SMILES string of the molecule is O=C(Nc1cccc(NC(=O)c2cccs2)c1)c1cccc(NC(=O)c2cccs2)c1. The number of hydrogen-bond donors (Lipinski definition) is 3. The number of anilines is 3. The van der Waals surface area contributed by atoms with Gasteiger partial charge in [-0.25, -0.2) is 0 Å². The highest BCUT2D eigenvalue weighted by Crippen LogP contribution is 2.20. The van der Waals surface area contributed by atoms with E-state index in [4.69, 9.17) is 0 Å². The lowest BCUT2D eigenvalue weighted by Crippen LogP contribution is -2.14. The molecular weight excluding hydrogens is 430 g/mol. The first-order valence-corrected chi connectivity index (χ1v) is 11.1. The van der Waals surface area contributed by atoms with E-state index in [9.17, 15) is 14.4 Å². The van der Waals surface area contributed by atoms with Crippen LogP contribution in [0.3, 0.4) is 0 Å². The fraction of sp³-hybridized carbons (Fsp3) is 0. The van der Waals surface area contributed by atoms with E-state index in [1.54, 1.807) is 66.7 Å². The summed E-state index contributed by atoms with van der Waals surface area (Å²) in [5.74, 6) is -0.747. The summed E-state index contributed by atoms with van der Waals surface area (Å²) in [6, 6.07) is 20.7. The van der Waals surface area contributed by atoms with Gasteiger partial charge in [0.15, 0.2) is 0 Å². The Morgan fingerprint density at radius 2 is 1.03 bits per heavy atom. The van der Waals surface area contributed by atoms with E-state index >= 15 is 0 Å². The van der Waals surface area contributed by atoms with Crippen molar-refractivity contribution in [3.05, 3.63) is 98.9 Å². The molecule has 0 saturated heterocycles. The number of amides is 3. The predicted molar refractivity (Wildman–Crippen MR) is 125 cm³/mol. The first kappa shape index (κ1) is 20.5. The number of nitrogens with one attached hydrogen (secondary N) is 3. The minimum Gasteiger partial charge on any atom is -0.322 e. The van der Waals surface area contributed by atoms with Crippen LogP contribution in [0.2, 0.25) is 0 Å². The first-order valence-electron chi connectivity index (χ1n) is 9.30. The van der Waals surface area contributed by atoms with Crippen molar-refractivity contribution in [1.82, 2.24) is 0 Å². The second-order valence-electron chi connectivity index (χ2n) is 6.48. The molecule has 0 radical (unpaired) electrons. The molecule has 8 heteroatoms. The average molecular weight is 448 g/mol. The van der Waals surface area contributed by atoms with Gasteiger partial charge in [0.2, 0.25) is 0 Å². The van der Waals surface area contributed by atoms with Crippen LogP contribution in [0.15, 0.2) is 83.6 Å². The van der Waals surface area contributed by atoms with Crippen molar-refractivity contribution in [2.24, 2.45) is 0 Å². The third-order valence-corrected chi connectivity index (χ3v) is 5.99. The van der Waals surface area contributed by atoms with E-state index in [1.807, 2.05) is 16.8 Å². The summed E-state index contributed by atoms with van der Waals surface area (Å²) in [5, 5.41) is 12.1. The maximum absolute atomic E-state index is 12.7. The third kappa shape index (κ3) is 5.25. The van der Waals surface area contributed by atoms with Gasteiger partial charge >= 0.3 is 0 Å². The minimum absolute atomic E-state index is 0.201. The lowest BCUT2D eigenvalue weighted by Gasteiger charge is -2.10. The van der Waals surface area contributed by atoms with Gasteiger partial charge in [-0.3, -0.25) is 14.4 Å². The average Bonchev–Trinajstić information content (AvgIpc) is 3.48. The van der Waals surface area contributed by atoms with Gasteiger partial charge < -0.3 is 16.0 Å². The van der Waals surface area contributed by atoms with Crippen molar-refractivity contribution in [2.45, 2.75) is 0 Å². The van der Waals surface area contributed by atoms with Crippen LogP contribution in [-0.2, 0) is 0 Å². The Kier molecular flexibility index (Phi) is 6.21. The normalized spacial score (nSPS) is 10.3. The summed E-state index contributed by atoms with van der Waals surface area (Å²) >= 11 is 2.70. The van der Waals surface area contributed by atoms with Crippen LogP contribution >= 0.6 is 22.7 Å². The van der Waals surface area contributed by atoms with Crippen LogP contribution in [0.4, 0.5) is 17.1 Å². The van der Waals surface area contributed by atoms with E-state index in [0.29, 0.717) is 32.4 Å². The Balaban J connectivity index is 1.42. The fourth-order valence-electron chi connectivity index (χ4n) is 2.82. The highest BCUT2D eigenvalue weighted by molar-refractivity contribution is 7.12. The summed E-state index contributed by atoms with van der Waals surface area (Å²) in [6.07, 6.45) is 0. The zero-order chi connectivity index (χ0) is 21.6. The smallest absolute Gasteiger partial charge is 0.265 e. The molecule has 0 bridgehead atoms. The highest BCUT2D eigenvalue weighted by atomic mass is 32.1. The molecule has 3 amide bonds. The van der Waals surface area contributed by atoms with Gasteiger partial charge in [-0.2, -0.15) is 0 Å². The zero-order valence-electron chi connectivity index (χ0n) is 16.1. The maximum Gasteiger partial charge on any atom is 0.265 e. The molecule has 0 aliphatic heterocycles. The van der Waals surface area contributed by atoms with Crippen LogP contribution < -0.4 is 16.0 Å². The van der Waals surface area contributed by atoms with Gasteiger partial charge in [-0.1, -0.05) is 24.3 Å². The largest absolute Gasteiger partial charge is 0.322 e.